The van der Waals surface area contributed by atoms with Crippen LogP contribution in [-0.2, 0) is 4.79 Å². The first-order chi connectivity index (χ1) is 17.0. The van der Waals surface area contributed by atoms with Gasteiger partial charge in [0.2, 0.25) is 5.91 Å². The SMILES string of the molecule is COc1cc(/C=C/c2ccc(NC(=O)CSc3nnc(-c4ccccc4F)o3)cc2)cc(OC)c1. The number of carbonyl (C=O) groups is 1. The molecule has 7 nitrogen and oxygen atoms in total. The second-order valence-electron chi connectivity index (χ2n) is 7.29. The van der Waals surface area contributed by atoms with E-state index < -0.39 is 5.82 Å². The van der Waals surface area contributed by atoms with Crippen LogP contribution in [0.15, 0.2) is 76.4 Å². The fraction of sp³-hybridized carbons (Fsp3) is 0.115. The highest BCUT2D eigenvalue weighted by Crippen LogP contribution is 2.26. The van der Waals surface area contributed by atoms with Gasteiger partial charge in [0.25, 0.3) is 11.1 Å². The third kappa shape index (κ3) is 6.48. The van der Waals surface area contributed by atoms with E-state index in [2.05, 4.69) is 15.5 Å². The van der Waals surface area contributed by atoms with E-state index in [0.29, 0.717) is 17.2 Å². The van der Waals surface area contributed by atoms with Crippen LogP contribution in [0.4, 0.5) is 10.1 Å². The standard InChI is InChI=1S/C26H22FN3O4S/c1-32-20-13-18(14-21(15-20)33-2)8-7-17-9-11-19(12-10-17)28-24(31)16-35-26-30-29-25(34-26)22-5-3-4-6-23(22)27/h3-15H,16H2,1-2H3,(H,28,31)/b8-7+. The molecule has 3 aromatic carbocycles. The van der Waals surface area contributed by atoms with Gasteiger partial charge >= 0.3 is 0 Å². The molecule has 0 aliphatic heterocycles. The maximum absolute atomic E-state index is 13.9. The summed E-state index contributed by atoms with van der Waals surface area (Å²) in [6.45, 7) is 0. The van der Waals surface area contributed by atoms with Gasteiger partial charge in [0.05, 0.1) is 25.5 Å². The minimum Gasteiger partial charge on any atom is -0.497 e. The lowest BCUT2D eigenvalue weighted by Crippen LogP contribution is -2.13. The van der Waals surface area contributed by atoms with Crippen LogP contribution >= 0.6 is 11.8 Å². The smallest absolute Gasteiger partial charge is 0.277 e. The summed E-state index contributed by atoms with van der Waals surface area (Å²) >= 11 is 1.08. The molecule has 0 fully saturated rings. The number of amides is 1. The molecule has 0 aliphatic carbocycles. The lowest BCUT2D eigenvalue weighted by molar-refractivity contribution is -0.113. The summed E-state index contributed by atoms with van der Waals surface area (Å²) in [4.78, 5) is 12.3. The molecule has 4 aromatic rings. The third-order valence-corrected chi connectivity index (χ3v) is 5.69. The van der Waals surface area contributed by atoms with Crippen molar-refractivity contribution >= 4 is 35.5 Å². The van der Waals surface area contributed by atoms with Gasteiger partial charge in [0.1, 0.15) is 17.3 Å². The normalized spacial score (nSPS) is 10.9. The molecule has 1 aromatic heterocycles. The topological polar surface area (TPSA) is 86.5 Å². The lowest BCUT2D eigenvalue weighted by atomic mass is 10.1. The van der Waals surface area contributed by atoms with Crippen LogP contribution in [0.2, 0.25) is 0 Å². The Bertz CT molecular complexity index is 1320. The van der Waals surface area contributed by atoms with Crippen molar-refractivity contribution in [1.82, 2.24) is 10.2 Å². The van der Waals surface area contributed by atoms with E-state index in [1.165, 1.54) is 6.07 Å². The maximum Gasteiger partial charge on any atom is 0.277 e. The second-order valence-corrected chi connectivity index (χ2v) is 8.22. The van der Waals surface area contributed by atoms with Crippen LogP contribution in [0.1, 0.15) is 11.1 Å². The number of rotatable bonds is 9. The molecule has 1 amide bonds. The van der Waals surface area contributed by atoms with Crippen LogP contribution in [0.3, 0.4) is 0 Å². The largest absolute Gasteiger partial charge is 0.497 e. The van der Waals surface area contributed by atoms with Gasteiger partial charge in [-0.15, -0.1) is 10.2 Å². The van der Waals surface area contributed by atoms with E-state index in [0.717, 1.165) is 22.9 Å². The Hall–Kier alpha value is -4.11. The summed E-state index contributed by atoms with van der Waals surface area (Å²) in [6, 6.07) is 19.2. The summed E-state index contributed by atoms with van der Waals surface area (Å²) < 4.78 is 29.9. The van der Waals surface area contributed by atoms with E-state index in [4.69, 9.17) is 13.9 Å². The zero-order chi connectivity index (χ0) is 24.6. The van der Waals surface area contributed by atoms with Gasteiger partial charge in [-0.05, 0) is 47.5 Å². The third-order valence-electron chi connectivity index (χ3n) is 4.87. The number of thioether (sulfide) groups is 1. The summed E-state index contributed by atoms with van der Waals surface area (Å²) in [5, 5.41) is 10.7. The molecular formula is C26H22FN3O4S. The number of benzene rings is 3. The highest BCUT2D eigenvalue weighted by atomic mass is 32.2. The number of nitrogens with one attached hydrogen (secondary N) is 1. The Morgan fingerprint density at radius 2 is 1.66 bits per heavy atom. The zero-order valence-corrected chi connectivity index (χ0v) is 19.8. The van der Waals surface area contributed by atoms with Crippen LogP contribution in [0, 0.1) is 5.82 Å². The Kier molecular flexibility index (Phi) is 7.79. The van der Waals surface area contributed by atoms with Crippen LogP contribution in [0.5, 0.6) is 11.5 Å². The summed E-state index contributed by atoms with van der Waals surface area (Å²) in [7, 11) is 3.22. The number of carbonyl (C=O) groups excluding carboxylic acids is 1. The quantitative estimate of drug-likeness (QED) is 0.234. The molecular weight excluding hydrogens is 469 g/mol. The molecule has 0 bridgehead atoms. The number of halogens is 1. The number of hydrogen-bond acceptors (Lipinski definition) is 7. The van der Waals surface area contributed by atoms with Crippen molar-refractivity contribution in [1.29, 1.82) is 0 Å². The number of methoxy groups -OCH3 is 2. The molecule has 178 valence electrons. The van der Waals surface area contributed by atoms with Gasteiger partial charge in [-0.1, -0.05) is 48.2 Å². The molecule has 0 saturated carbocycles. The Morgan fingerprint density at radius 3 is 2.34 bits per heavy atom. The molecule has 0 unspecified atom stereocenters. The molecule has 1 heterocycles. The number of aromatic nitrogens is 2. The van der Waals surface area contributed by atoms with Crippen molar-refractivity contribution in [3.63, 3.8) is 0 Å². The minimum absolute atomic E-state index is 0.0677. The second kappa shape index (κ2) is 11.3. The van der Waals surface area contributed by atoms with Gasteiger partial charge in [-0.25, -0.2) is 4.39 Å². The minimum atomic E-state index is -0.452. The van der Waals surface area contributed by atoms with Crippen molar-refractivity contribution in [2.45, 2.75) is 5.22 Å². The van der Waals surface area contributed by atoms with E-state index in [-0.39, 0.29) is 28.3 Å². The van der Waals surface area contributed by atoms with Crippen molar-refractivity contribution in [3.05, 3.63) is 83.7 Å². The fourth-order valence-electron chi connectivity index (χ4n) is 3.13. The average Bonchev–Trinajstić information content (AvgIpc) is 3.36. The van der Waals surface area contributed by atoms with E-state index in [9.17, 15) is 9.18 Å². The van der Waals surface area contributed by atoms with Gasteiger partial charge in [-0.3, -0.25) is 4.79 Å². The monoisotopic (exact) mass is 491 g/mol. The number of hydrogen-bond donors (Lipinski definition) is 1. The van der Waals surface area contributed by atoms with E-state index in [1.807, 2.05) is 54.6 Å². The molecule has 1 N–H and O–H groups in total. The predicted octanol–water partition coefficient (Wildman–Crippen LogP) is 5.79. The Balaban J connectivity index is 1.31. The molecule has 0 aliphatic rings. The first-order valence-electron chi connectivity index (χ1n) is 10.6. The van der Waals surface area contributed by atoms with Crippen molar-refractivity contribution in [2.75, 3.05) is 25.3 Å². The first-order valence-corrected chi connectivity index (χ1v) is 11.5. The number of nitrogens with zero attached hydrogens (tertiary/aromatic N) is 2. The van der Waals surface area contributed by atoms with Crippen molar-refractivity contribution < 1.29 is 23.1 Å². The van der Waals surface area contributed by atoms with E-state index in [1.54, 1.807) is 32.4 Å². The van der Waals surface area contributed by atoms with Crippen LogP contribution in [0.25, 0.3) is 23.6 Å². The molecule has 0 saturated heterocycles. The van der Waals surface area contributed by atoms with Crippen LogP contribution < -0.4 is 14.8 Å². The molecule has 4 rings (SSSR count). The van der Waals surface area contributed by atoms with Crippen LogP contribution in [-0.4, -0.2) is 36.1 Å². The summed E-state index contributed by atoms with van der Waals surface area (Å²) in [5.74, 6) is 0.882. The number of anilines is 1. The molecule has 9 heteroatoms. The number of ether oxygens (including phenoxy) is 2. The zero-order valence-electron chi connectivity index (χ0n) is 19.0. The van der Waals surface area contributed by atoms with Crippen molar-refractivity contribution in [2.24, 2.45) is 0 Å². The Morgan fingerprint density at radius 1 is 0.971 bits per heavy atom. The Labute approximate surface area is 206 Å². The molecule has 35 heavy (non-hydrogen) atoms. The van der Waals surface area contributed by atoms with Crippen molar-refractivity contribution in [3.8, 4) is 23.0 Å². The maximum atomic E-state index is 13.9. The summed E-state index contributed by atoms with van der Waals surface area (Å²) in [6.07, 6.45) is 3.91. The molecule has 0 atom stereocenters. The predicted molar refractivity (Wildman–Crippen MR) is 134 cm³/mol. The van der Waals surface area contributed by atoms with Gasteiger partial charge in [0, 0.05) is 11.8 Å². The van der Waals surface area contributed by atoms with Gasteiger partial charge < -0.3 is 19.2 Å². The lowest BCUT2D eigenvalue weighted by Gasteiger charge is -2.06. The fourth-order valence-corrected chi connectivity index (χ4v) is 3.69. The highest BCUT2D eigenvalue weighted by molar-refractivity contribution is 7.99. The highest BCUT2D eigenvalue weighted by Gasteiger charge is 2.14. The first kappa shape index (κ1) is 24.0. The molecule has 0 radical (unpaired) electrons. The van der Waals surface area contributed by atoms with Gasteiger partial charge in [-0.2, -0.15) is 0 Å². The van der Waals surface area contributed by atoms with Gasteiger partial charge in [0.15, 0.2) is 0 Å². The average molecular weight is 492 g/mol. The molecule has 0 spiro atoms. The van der Waals surface area contributed by atoms with E-state index >= 15 is 0 Å². The summed E-state index contributed by atoms with van der Waals surface area (Å²) in [5.41, 5.74) is 2.78.